The van der Waals surface area contributed by atoms with Gasteiger partial charge in [-0.3, -0.25) is 9.59 Å². The molecular weight excluding hydrogens is 302 g/mol. The molecule has 1 atom stereocenters. The van der Waals surface area contributed by atoms with Crippen LogP contribution >= 0.6 is 12.4 Å². The summed E-state index contributed by atoms with van der Waals surface area (Å²) in [6.07, 6.45) is 5.76. The Hall–Kier alpha value is -0.810. The van der Waals surface area contributed by atoms with Gasteiger partial charge in [-0.1, -0.05) is 27.2 Å². The minimum Gasteiger partial charge on any atom is -0.346 e. The molecule has 0 aromatic carbocycles. The van der Waals surface area contributed by atoms with E-state index in [2.05, 4.69) is 12.2 Å². The highest BCUT2D eigenvalue weighted by Crippen LogP contribution is 2.28. The number of carbonyl (C=O) groups is 2. The molecular formula is C16H32ClN3O2. The quantitative estimate of drug-likeness (QED) is 0.780. The molecule has 0 heterocycles. The molecule has 6 heteroatoms. The third-order valence-electron chi connectivity index (χ3n) is 4.77. The molecule has 1 rings (SSSR count). The Morgan fingerprint density at radius 1 is 1.23 bits per heavy atom. The van der Waals surface area contributed by atoms with E-state index in [-0.39, 0.29) is 36.7 Å². The lowest BCUT2D eigenvalue weighted by Crippen LogP contribution is -2.49. The Kier molecular flexibility index (Phi) is 9.69. The Morgan fingerprint density at radius 2 is 1.77 bits per heavy atom. The predicted octanol–water partition coefficient (Wildman–Crippen LogP) is 1.93. The van der Waals surface area contributed by atoms with Crippen LogP contribution in [0.3, 0.4) is 0 Å². The summed E-state index contributed by atoms with van der Waals surface area (Å²) >= 11 is 0. The largest absolute Gasteiger partial charge is 0.346 e. The summed E-state index contributed by atoms with van der Waals surface area (Å²) < 4.78 is 0. The number of halogens is 1. The van der Waals surface area contributed by atoms with Crippen LogP contribution in [0.4, 0.5) is 0 Å². The first-order valence-corrected chi connectivity index (χ1v) is 8.15. The topological polar surface area (TPSA) is 75.4 Å². The van der Waals surface area contributed by atoms with Gasteiger partial charge in [-0.25, -0.2) is 0 Å². The number of nitrogens with one attached hydrogen (secondary N) is 1. The third-order valence-corrected chi connectivity index (χ3v) is 4.77. The van der Waals surface area contributed by atoms with Crippen molar-refractivity contribution in [1.82, 2.24) is 10.2 Å². The Labute approximate surface area is 140 Å². The molecule has 0 aromatic rings. The maximum atomic E-state index is 12.2. The third kappa shape index (κ3) is 6.13. The molecule has 0 saturated heterocycles. The fourth-order valence-electron chi connectivity index (χ4n) is 2.85. The lowest BCUT2D eigenvalue weighted by Gasteiger charge is -2.34. The average molecular weight is 334 g/mol. The number of nitrogens with two attached hydrogens (primary N) is 1. The summed E-state index contributed by atoms with van der Waals surface area (Å²) in [6.45, 7) is 6.06. The Balaban J connectivity index is 0.00000441. The van der Waals surface area contributed by atoms with Crippen LogP contribution in [0.2, 0.25) is 0 Å². The number of amides is 2. The molecule has 0 aromatic heterocycles. The highest BCUT2D eigenvalue weighted by molar-refractivity contribution is 5.87. The second kappa shape index (κ2) is 10.1. The first-order chi connectivity index (χ1) is 9.86. The maximum absolute atomic E-state index is 12.2. The molecule has 2 amide bonds. The van der Waals surface area contributed by atoms with E-state index in [1.807, 2.05) is 20.9 Å². The van der Waals surface area contributed by atoms with Crippen LogP contribution in [0.25, 0.3) is 0 Å². The lowest BCUT2D eigenvalue weighted by molar-refractivity contribution is -0.134. The molecule has 0 radical (unpaired) electrons. The number of rotatable bonds is 6. The molecule has 0 aliphatic heterocycles. The first kappa shape index (κ1) is 21.2. The fourth-order valence-corrected chi connectivity index (χ4v) is 2.85. The van der Waals surface area contributed by atoms with E-state index in [0.29, 0.717) is 6.04 Å². The van der Waals surface area contributed by atoms with Gasteiger partial charge >= 0.3 is 0 Å². The van der Waals surface area contributed by atoms with Gasteiger partial charge < -0.3 is 16.0 Å². The molecule has 1 aliphatic rings. The van der Waals surface area contributed by atoms with E-state index in [1.54, 1.807) is 4.90 Å². The van der Waals surface area contributed by atoms with E-state index < -0.39 is 6.04 Å². The van der Waals surface area contributed by atoms with Crippen molar-refractivity contribution in [3.05, 3.63) is 0 Å². The van der Waals surface area contributed by atoms with Gasteiger partial charge in [0.1, 0.15) is 0 Å². The molecule has 3 N–H and O–H groups in total. The number of hydrogen-bond donors (Lipinski definition) is 2. The van der Waals surface area contributed by atoms with Crippen molar-refractivity contribution in [2.24, 2.45) is 17.6 Å². The number of carbonyl (C=O) groups excluding carboxylic acids is 2. The van der Waals surface area contributed by atoms with E-state index in [9.17, 15) is 9.59 Å². The maximum Gasteiger partial charge on any atom is 0.241 e. The van der Waals surface area contributed by atoms with Crippen molar-refractivity contribution >= 4 is 24.2 Å². The molecule has 1 fully saturated rings. The zero-order valence-electron chi connectivity index (χ0n) is 14.3. The minimum absolute atomic E-state index is 0. The minimum atomic E-state index is -0.553. The summed E-state index contributed by atoms with van der Waals surface area (Å²) in [5, 5.41) is 2.65. The van der Waals surface area contributed by atoms with Crippen molar-refractivity contribution in [2.45, 2.75) is 65.0 Å². The molecule has 5 nitrogen and oxygen atoms in total. The highest BCUT2D eigenvalue weighted by Gasteiger charge is 2.26. The second-order valence-corrected chi connectivity index (χ2v) is 6.58. The smallest absolute Gasteiger partial charge is 0.241 e. The van der Waals surface area contributed by atoms with Gasteiger partial charge in [-0.15, -0.1) is 12.4 Å². The predicted molar refractivity (Wildman–Crippen MR) is 91.9 cm³/mol. The van der Waals surface area contributed by atoms with Crippen molar-refractivity contribution in [3.63, 3.8) is 0 Å². The van der Waals surface area contributed by atoms with E-state index in [4.69, 9.17) is 5.73 Å². The van der Waals surface area contributed by atoms with Gasteiger partial charge in [0.2, 0.25) is 11.8 Å². The van der Waals surface area contributed by atoms with Crippen LogP contribution in [0.5, 0.6) is 0 Å². The van der Waals surface area contributed by atoms with Crippen molar-refractivity contribution in [2.75, 3.05) is 13.6 Å². The fraction of sp³-hybridized carbons (Fsp3) is 0.875. The van der Waals surface area contributed by atoms with E-state index >= 15 is 0 Å². The van der Waals surface area contributed by atoms with Crippen LogP contribution < -0.4 is 11.1 Å². The van der Waals surface area contributed by atoms with E-state index in [1.165, 1.54) is 19.3 Å². The van der Waals surface area contributed by atoms with Crippen molar-refractivity contribution < 1.29 is 9.59 Å². The van der Waals surface area contributed by atoms with Gasteiger partial charge in [0.25, 0.3) is 0 Å². The molecule has 22 heavy (non-hydrogen) atoms. The molecule has 1 aliphatic carbocycles. The van der Waals surface area contributed by atoms with Crippen molar-refractivity contribution in [1.29, 1.82) is 0 Å². The summed E-state index contributed by atoms with van der Waals surface area (Å²) in [6, 6.07) is -0.237. The zero-order valence-corrected chi connectivity index (χ0v) is 15.1. The van der Waals surface area contributed by atoms with Gasteiger partial charge in [0, 0.05) is 13.1 Å². The van der Waals surface area contributed by atoms with Gasteiger partial charge in [0.15, 0.2) is 0 Å². The Bertz CT molecular complexity index is 355. The summed E-state index contributed by atoms with van der Waals surface area (Å²) in [4.78, 5) is 25.7. The van der Waals surface area contributed by atoms with Gasteiger partial charge in [-0.2, -0.15) is 0 Å². The number of nitrogens with zero attached hydrogens (tertiary/aromatic N) is 1. The van der Waals surface area contributed by atoms with E-state index in [0.717, 1.165) is 18.8 Å². The van der Waals surface area contributed by atoms with Crippen LogP contribution in [-0.2, 0) is 9.59 Å². The Morgan fingerprint density at radius 3 is 2.23 bits per heavy atom. The normalized spacial score (nSPS) is 22.6. The standard InChI is InChI=1S/C16H31N3O2.ClH/c1-5-12-6-8-13(9-7-12)19(4)14(20)10-18-16(21)15(17)11(2)3;/h11-13,15H,5-10,17H2,1-4H3,(H,18,21);1H/t12?,13?,15-;/m0./s1. The van der Waals surface area contributed by atoms with Crippen LogP contribution in [-0.4, -0.2) is 42.4 Å². The highest BCUT2D eigenvalue weighted by atomic mass is 35.5. The average Bonchev–Trinajstić information content (AvgIpc) is 2.50. The summed E-state index contributed by atoms with van der Waals surface area (Å²) in [7, 11) is 1.84. The van der Waals surface area contributed by atoms with Gasteiger partial charge in [0.05, 0.1) is 12.6 Å². The SMILES string of the molecule is CCC1CCC(N(C)C(=O)CNC(=O)[C@@H](N)C(C)C)CC1.Cl. The molecule has 1 saturated carbocycles. The molecule has 0 unspecified atom stereocenters. The van der Waals surface area contributed by atoms with Gasteiger partial charge in [-0.05, 0) is 37.5 Å². The lowest BCUT2D eigenvalue weighted by atomic mass is 9.84. The monoisotopic (exact) mass is 333 g/mol. The zero-order chi connectivity index (χ0) is 16.0. The second-order valence-electron chi connectivity index (χ2n) is 6.58. The summed E-state index contributed by atoms with van der Waals surface area (Å²) in [5.41, 5.74) is 5.76. The van der Waals surface area contributed by atoms with Crippen LogP contribution in [0.15, 0.2) is 0 Å². The molecule has 0 spiro atoms. The van der Waals surface area contributed by atoms with Crippen LogP contribution in [0, 0.1) is 11.8 Å². The number of hydrogen-bond acceptors (Lipinski definition) is 3. The van der Waals surface area contributed by atoms with Crippen LogP contribution in [0.1, 0.15) is 52.9 Å². The molecule has 130 valence electrons. The number of likely N-dealkylation sites (N-methyl/N-ethyl adjacent to an activating group) is 1. The first-order valence-electron chi connectivity index (χ1n) is 8.15. The van der Waals surface area contributed by atoms with Crippen molar-refractivity contribution in [3.8, 4) is 0 Å². The summed E-state index contributed by atoms with van der Waals surface area (Å²) in [5.74, 6) is 0.608. The molecule has 0 bridgehead atoms.